The SMILES string of the molecule is CC(NC(=O)CSc1nc(N)nc(N)n1)c1ccc(Cl)cc1Cl. The fourth-order valence-electron chi connectivity index (χ4n) is 1.80. The number of benzene rings is 1. The maximum Gasteiger partial charge on any atom is 0.230 e. The number of carbonyl (C=O) groups excluding carboxylic acids is 1. The highest BCUT2D eigenvalue weighted by molar-refractivity contribution is 7.99. The van der Waals surface area contributed by atoms with E-state index in [4.69, 9.17) is 34.7 Å². The van der Waals surface area contributed by atoms with Crippen molar-refractivity contribution >= 4 is 52.8 Å². The Kier molecular flexibility index (Phi) is 5.86. The van der Waals surface area contributed by atoms with Crippen molar-refractivity contribution in [1.82, 2.24) is 20.3 Å². The molecule has 1 amide bonds. The summed E-state index contributed by atoms with van der Waals surface area (Å²) in [5, 5.41) is 4.16. The van der Waals surface area contributed by atoms with E-state index in [1.165, 1.54) is 0 Å². The van der Waals surface area contributed by atoms with Crippen LogP contribution in [-0.4, -0.2) is 26.6 Å². The summed E-state index contributed by atoms with van der Waals surface area (Å²) in [6.45, 7) is 1.83. The monoisotopic (exact) mass is 372 g/mol. The molecule has 0 aliphatic carbocycles. The van der Waals surface area contributed by atoms with Crippen LogP contribution in [0, 0.1) is 0 Å². The molecule has 1 atom stereocenters. The predicted molar refractivity (Wildman–Crippen MR) is 92.4 cm³/mol. The molecule has 2 aromatic rings. The van der Waals surface area contributed by atoms with Crippen molar-refractivity contribution in [3.63, 3.8) is 0 Å². The van der Waals surface area contributed by atoms with Gasteiger partial charge in [-0.15, -0.1) is 0 Å². The van der Waals surface area contributed by atoms with E-state index >= 15 is 0 Å². The second kappa shape index (κ2) is 7.67. The third-order valence-electron chi connectivity index (χ3n) is 2.79. The molecule has 5 N–H and O–H groups in total. The molecule has 0 aliphatic rings. The van der Waals surface area contributed by atoms with Gasteiger partial charge in [-0.2, -0.15) is 15.0 Å². The van der Waals surface area contributed by atoms with Gasteiger partial charge in [0.25, 0.3) is 0 Å². The quantitative estimate of drug-likeness (QED) is 0.688. The number of nitrogens with zero attached hydrogens (tertiary/aromatic N) is 3. The summed E-state index contributed by atoms with van der Waals surface area (Å²) in [5.74, 6) is -0.0622. The molecule has 0 fully saturated rings. The van der Waals surface area contributed by atoms with Gasteiger partial charge in [0.05, 0.1) is 11.8 Å². The molecular weight excluding hydrogens is 359 g/mol. The standard InChI is InChI=1S/C13H14Cl2N6OS/c1-6(8-3-2-7(14)4-9(8)15)18-10(22)5-23-13-20-11(16)19-12(17)21-13/h2-4,6H,5H2,1H3,(H,18,22)(H4,16,17,19,20,21). The van der Waals surface area contributed by atoms with E-state index in [-0.39, 0.29) is 29.6 Å². The highest BCUT2D eigenvalue weighted by atomic mass is 35.5. The maximum atomic E-state index is 12.0. The number of nitrogens with two attached hydrogens (primary N) is 2. The van der Waals surface area contributed by atoms with Crippen LogP contribution >= 0.6 is 35.0 Å². The molecule has 2 rings (SSSR count). The first-order valence-corrected chi connectivity index (χ1v) is 8.23. The number of hydrogen-bond donors (Lipinski definition) is 3. The molecule has 122 valence electrons. The van der Waals surface area contributed by atoms with Crippen molar-refractivity contribution in [3.05, 3.63) is 33.8 Å². The zero-order chi connectivity index (χ0) is 17.0. The van der Waals surface area contributed by atoms with Gasteiger partial charge in [-0.3, -0.25) is 4.79 Å². The molecule has 0 aliphatic heterocycles. The van der Waals surface area contributed by atoms with Crippen molar-refractivity contribution < 1.29 is 4.79 Å². The number of nitrogen functional groups attached to an aromatic ring is 2. The first-order chi connectivity index (χ1) is 10.8. The molecule has 0 spiro atoms. The van der Waals surface area contributed by atoms with Crippen LogP contribution < -0.4 is 16.8 Å². The Morgan fingerprint density at radius 3 is 2.52 bits per heavy atom. The summed E-state index contributed by atoms with van der Waals surface area (Å²) in [7, 11) is 0. The normalized spacial score (nSPS) is 12.0. The third-order valence-corrected chi connectivity index (χ3v) is 4.20. The largest absolute Gasteiger partial charge is 0.368 e. The summed E-state index contributed by atoms with van der Waals surface area (Å²) in [6.07, 6.45) is 0. The van der Waals surface area contributed by atoms with E-state index in [2.05, 4.69) is 20.3 Å². The number of thioether (sulfide) groups is 1. The number of rotatable bonds is 5. The Hall–Kier alpha value is -1.77. The summed E-state index contributed by atoms with van der Waals surface area (Å²) in [4.78, 5) is 23.5. The molecule has 7 nitrogen and oxygen atoms in total. The molecule has 0 bridgehead atoms. The first-order valence-electron chi connectivity index (χ1n) is 6.49. The zero-order valence-corrected chi connectivity index (χ0v) is 14.4. The molecule has 1 heterocycles. The lowest BCUT2D eigenvalue weighted by Gasteiger charge is -2.15. The fourth-order valence-corrected chi connectivity index (χ4v) is 3.03. The van der Waals surface area contributed by atoms with E-state index < -0.39 is 0 Å². The van der Waals surface area contributed by atoms with Gasteiger partial charge in [0.15, 0.2) is 5.16 Å². The molecule has 0 saturated heterocycles. The van der Waals surface area contributed by atoms with E-state index in [0.717, 1.165) is 17.3 Å². The minimum atomic E-state index is -0.263. The van der Waals surface area contributed by atoms with Gasteiger partial charge in [-0.05, 0) is 24.6 Å². The minimum Gasteiger partial charge on any atom is -0.368 e. The Balaban J connectivity index is 1.93. The lowest BCUT2D eigenvalue weighted by molar-refractivity contribution is -0.119. The number of anilines is 2. The lowest BCUT2D eigenvalue weighted by Crippen LogP contribution is -2.28. The van der Waals surface area contributed by atoms with E-state index in [0.29, 0.717) is 15.2 Å². The van der Waals surface area contributed by atoms with Crippen molar-refractivity contribution in [1.29, 1.82) is 0 Å². The summed E-state index contributed by atoms with van der Waals surface area (Å²) >= 11 is 13.1. The number of halogens is 2. The number of amides is 1. The van der Waals surface area contributed by atoms with Gasteiger partial charge >= 0.3 is 0 Å². The Morgan fingerprint density at radius 2 is 1.91 bits per heavy atom. The van der Waals surface area contributed by atoms with Crippen LogP contribution in [0.1, 0.15) is 18.5 Å². The smallest absolute Gasteiger partial charge is 0.230 e. The molecule has 23 heavy (non-hydrogen) atoms. The minimum absolute atomic E-state index is 0.0155. The third kappa shape index (κ3) is 5.12. The summed E-state index contributed by atoms with van der Waals surface area (Å²) in [5.41, 5.74) is 11.7. The molecule has 0 radical (unpaired) electrons. The van der Waals surface area contributed by atoms with Gasteiger partial charge in [-0.25, -0.2) is 0 Å². The van der Waals surface area contributed by atoms with Gasteiger partial charge in [0.1, 0.15) is 0 Å². The average molecular weight is 373 g/mol. The van der Waals surface area contributed by atoms with Crippen molar-refractivity contribution in [2.75, 3.05) is 17.2 Å². The first kappa shape index (κ1) is 17.6. The Morgan fingerprint density at radius 1 is 1.26 bits per heavy atom. The van der Waals surface area contributed by atoms with Crippen LogP contribution in [0.15, 0.2) is 23.4 Å². The van der Waals surface area contributed by atoms with Gasteiger partial charge in [-0.1, -0.05) is 41.0 Å². The second-order valence-corrected chi connectivity index (χ2v) is 6.36. The maximum absolute atomic E-state index is 12.0. The fraction of sp³-hybridized carbons (Fsp3) is 0.231. The Bertz CT molecular complexity index is 709. The van der Waals surface area contributed by atoms with Crippen LogP contribution in [0.25, 0.3) is 0 Å². The number of hydrogen-bond acceptors (Lipinski definition) is 7. The highest BCUT2D eigenvalue weighted by Crippen LogP contribution is 2.26. The predicted octanol–water partition coefficient (Wildman–Crippen LogP) is 2.31. The van der Waals surface area contributed by atoms with Crippen molar-refractivity contribution in [3.8, 4) is 0 Å². The topological polar surface area (TPSA) is 120 Å². The van der Waals surface area contributed by atoms with Crippen LogP contribution in [0.3, 0.4) is 0 Å². The zero-order valence-electron chi connectivity index (χ0n) is 12.1. The lowest BCUT2D eigenvalue weighted by atomic mass is 10.1. The van der Waals surface area contributed by atoms with Crippen LogP contribution in [-0.2, 0) is 4.79 Å². The molecular formula is C13H14Cl2N6OS. The van der Waals surface area contributed by atoms with Crippen molar-refractivity contribution in [2.45, 2.75) is 18.1 Å². The van der Waals surface area contributed by atoms with E-state index in [9.17, 15) is 4.79 Å². The number of carbonyl (C=O) groups is 1. The van der Waals surface area contributed by atoms with E-state index in [1.807, 2.05) is 6.92 Å². The van der Waals surface area contributed by atoms with Crippen LogP contribution in [0.2, 0.25) is 10.0 Å². The van der Waals surface area contributed by atoms with Crippen LogP contribution in [0.4, 0.5) is 11.9 Å². The second-order valence-electron chi connectivity index (χ2n) is 4.58. The van der Waals surface area contributed by atoms with Crippen molar-refractivity contribution in [2.24, 2.45) is 0 Å². The molecule has 1 aromatic heterocycles. The average Bonchev–Trinajstić information content (AvgIpc) is 2.44. The Labute approximate surface area is 147 Å². The molecule has 1 aromatic carbocycles. The molecule has 1 unspecified atom stereocenters. The van der Waals surface area contributed by atoms with Gasteiger partial charge in [0, 0.05) is 10.0 Å². The van der Waals surface area contributed by atoms with Gasteiger partial charge < -0.3 is 16.8 Å². The number of nitrogens with one attached hydrogen (secondary N) is 1. The number of aromatic nitrogens is 3. The van der Waals surface area contributed by atoms with E-state index in [1.54, 1.807) is 18.2 Å². The highest BCUT2D eigenvalue weighted by Gasteiger charge is 2.14. The summed E-state index contributed by atoms with van der Waals surface area (Å²) in [6, 6.07) is 4.86. The molecule has 0 saturated carbocycles. The molecule has 10 heteroatoms. The summed E-state index contributed by atoms with van der Waals surface area (Å²) < 4.78 is 0. The van der Waals surface area contributed by atoms with Gasteiger partial charge in [0.2, 0.25) is 17.8 Å². The van der Waals surface area contributed by atoms with Crippen LogP contribution in [0.5, 0.6) is 0 Å².